The maximum absolute atomic E-state index is 3.93. The Balaban J connectivity index is 3.66. The normalized spacial score (nSPS) is 13.1. The second-order valence-corrected chi connectivity index (χ2v) is 3.82. The summed E-state index contributed by atoms with van der Waals surface area (Å²) in [5.41, 5.74) is 1.03. The minimum atomic E-state index is 0.803. The summed E-state index contributed by atoms with van der Waals surface area (Å²) < 4.78 is 0. The molecule has 0 aliphatic carbocycles. The molecule has 0 radical (unpaired) electrons. The fraction of sp³-hybridized carbons (Fsp3) is 0.692. The average molecular weight is 195 g/mol. The standard InChI is InChI=1S/C13H25N/c1-5-8-10-13(7-3)11-14-12(4)9-6-2/h6,9,13-14H,4-5,7-8,10-11H2,1-3H3/b9-6-. The third kappa shape index (κ3) is 6.76. The molecular formula is C13H25N. The number of allylic oxidation sites excluding steroid dienone is 2. The summed E-state index contributed by atoms with van der Waals surface area (Å²) in [4.78, 5) is 0. The van der Waals surface area contributed by atoms with Gasteiger partial charge in [0.1, 0.15) is 0 Å². The number of rotatable bonds is 8. The molecule has 0 rings (SSSR count). The van der Waals surface area contributed by atoms with E-state index in [-0.39, 0.29) is 0 Å². The Morgan fingerprint density at radius 1 is 1.43 bits per heavy atom. The van der Waals surface area contributed by atoms with E-state index in [2.05, 4.69) is 25.7 Å². The van der Waals surface area contributed by atoms with E-state index in [0.29, 0.717) is 0 Å². The molecule has 0 bridgehead atoms. The van der Waals surface area contributed by atoms with Gasteiger partial charge in [0.05, 0.1) is 0 Å². The summed E-state index contributed by atoms with van der Waals surface area (Å²) >= 11 is 0. The molecule has 0 aromatic heterocycles. The van der Waals surface area contributed by atoms with Gasteiger partial charge in [0.25, 0.3) is 0 Å². The third-order valence-corrected chi connectivity index (χ3v) is 2.53. The van der Waals surface area contributed by atoms with Crippen LogP contribution in [0.5, 0.6) is 0 Å². The molecule has 0 saturated carbocycles. The largest absolute Gasteiger partial charge is 0.385 e. The van der Waals surface area contributed by atoms with E-state index in [9.17, 15) is 0 Å². The van der Waals surface area contributed by atoms with Crippen LogP contribution < -0.4 is 5.32 Å². The van der Waals surface area contributed by atoms with Crippen LogP contribution in [0.2, 0.25) is 0 Å². The van der Waals surface area contributed by atoms with Gasteiger partial charge < -0.3 is 5.32 Å². The Morgan fingerprint density at radius 3 is 2.64 bits per heavy atom. The van der Waals surface area contributed by atoms with Crippen LogP contribution in [0.4, 0.5) is 0 Å². The van der Waals surface area contributed by atoms with Gasteiger partial charge in [-0.2, -0.15) is 0 Å². The van der Waals surface area contributed by atoms with E-state index in [1.807, 2.05) is 19.1 Å². The first-order valence-corrected chi connectivity index (χ1v) is 5.80. The second-order valence-electron chi connectivity index (χ2n) is 3.82. The van der Waals surface area contributed by atoms with Crippen molar-refractivity contribution in [2.24, 2.45) is 5.92 Å². The molecule has 1 N–H and O–H groups in total. The van der Waals surface area contributed by atoms with Crippen LogP contribution in [-0.4, -0.2) is 6.54 Å². The van der Waals surface area contributed by atoms with E-state index in [0.717, 1.165) is 18.2 Å². The molecule has 0 heterocycles. The van der Waals surface area contributed by atoms with Gasteiger partial charge in [0.2, 0.25) is 0 Å². The predicted octanol–water partition coefficient (Wildman–Crippen LogP) is 3.88. The molecule has 0 spiro atoms. The quantitative estimate of drug-likeness (QED) is 0.579. The van der Waals surface area contributed by atoms with Gasteiger partial charge in [-0.1, -0.05) is 45.8 Å². The Bertz CT molecular complexity index is 170. The van der Waals surface area contributed by atoms with Crippen molar-refractivity contribution in [2.45, 2.75) is 46.5 Å². The molecule has 0 fully saturated rings. The van der Waals surface area contributed by atoms with Gasteiger partial charge >= 0.3 is 0 Å². The first kappa shape index (κ1) is 13.3. The lowest BCUT2D eigenvalue weighted by atomic mass is 9.99. The van der Waals surface area contributed by atoms with Crippen molar-refractivity contribution in [1.82, 2.24) is 5.32 Å². The van der Waals surface area contributed by atoms with Crippen molar-refractivity contribution in [2.75, 3.05) is 6.54 Å². The Hall–Kier alpha value is -0.720. The molecule has 0 aromatic rings. The van der Waals surface area contributed by atoms with Gasteiger partial charge in [-0.15, -0.1) is 0 Å². The molecule has 0 aliphatic heterocycles. The summed E-state index contributed by atoms with van der Waals surface area (Å²) in [6.45, 7) is 11.5. The first-order valence-electron chi connectivity index (χ1n) is 5.80. The fourth-order valence-corrected chi connectivity index (χ4v) is 1.48. The summed E-state index contributed by atoms with van der Waals surface area (Å²) in [5.74, 6) is 0.803. The highest BCUT2D eigenvalue weighted by Crippen LogP contribution is 2.11. The zero-order valence-corrected chi connectivity index (χ0v) is 9.97. The van der Waals surface area contributed by atoms with Crippen LogP contribution in [0, 0.1) is 5.92 Å². The molecular weight excluding hydrogens is 170 g/mol. The van der Waals surface area contributed by atoms with Crippen molar-refractivity contribution in [1.29, 1.82) is 0 Å². The van der Waals surface area contributed by atoms with Crippen molar-refractivity contribution < 1.29 is 0 Å². The van der Waals surface area contributed by atoms with Crippen LogP contribution >= 0.6 is 0 Å². The number of unbranched alkanes of at least 4 members (excludes halogenated alkanes) is 1. The maximum Gasteiger partial charge on any atom is 0.0263 e. The molecule has 1 atom stereocenters. The van der Waals surface area contributed by atoms with Crippen molar-refractivity contribution in [3.63, 3.8) is 0 Å². The molecule has 0 amide bonds. The minimum absolute atomic E-state index is 0.803. The first-order chi connectivity index (χ1) is 6.74. The van der Waals surface area contributed by atoms with Gasteiger partial charge in [0, 0.05) is 12.2 Å². The van der Waals surface area contributed by atoms with E-state index in [1.54, 1.807) is 0 Å². The Kier molecular flexibility index (Phi) is 8.40. The van der Waals surface area contributed by atoms with Crippen LogP contribution in [0.3, 0.4) is 0 Å². The minimum Gasteiger partial charge on any atom is -0.385 e. The molecule has 1 heteroatoms. The molecule has 1 unspecified atom stereocenters. The summed E-state index contributed by atoms with van der Waals surface area (Å²) in [7, 11) is 0. The van der Waals surface area contributed by atoms with Gasteiger partial charge in [0.15, 0.2) is 0 Å². The van der Waals surface area contributed by atoms with Gasteiger partial charge in [-0.25, -0.2) is 0 Å². The summed E-state index contributed by atoms with van der Waals surface area (Å²) in [6, 6.07) is 0. The topological polar surface area (TPSA) is 12.0 Å². The second kappa shape index (κ2) is 8.86. The SMILES string of the molecule is C=C(/C=C\C)NCC(CC)CCCC. The lowest BCUT2D eigenvalue weighted by Gasteiger charge is -2.15. The molecule has 14 heavy (non-hydrogen) atoms. The van der Waals surface area contributed by atoms with Crippen LogP contribution in [0.1, 0.15) is 46.5 Å². The van der Waals surface area contributed by atoms with Crippen molar-refractivity contribution >= 4 is 0 Å². The molecule has 82 valence electrons. The Morgan fingerprint density at radius 2 is 2.14 bits per heavy atom. The highest BCUT2D eigenvalue weighted by Gasteiger charge is 2.04. The smallest absolute Gasteiger partial charge is 0.0263 e. The van der Waals surface area contributed by atoms with E-state index < -0.39 is 0 Å². The monoisotopic (exact) mass is 195 g/mol. The lowest BCUT2D eigenvalue weighted by Crippen LogP contribution is -2.20. The number of nitrogens with one attached hydrogen (secondary N) is 1. The molecule has 0 aliphatic rings. The molecule has 1 nitrogen and oxygen atoms in total. The van der Waals surface area contributed by atoms with Crippen molar-refractivity contribution in [3.05, 3.63) is 24.4 Å². The number of hydrogen-bond acceptors (Lipinski definition) is 1. The number of hydrogen-bond donors (Lipinski definition) is 1. The predicted molar refractivity (Wildman–Crippen MR) is 65.3 cm³/mol. The summed E-state index contributed by atoms with van der Waals surface area (Å²) in [6.07, 6.45) is 9.27. The average Bonchev–Trinajstić information content (AvgIpc) is 2.19. The fourth-order valence-electron chi connectivity index (χ4n) is 1.48. The maximum atomic E-state index is 3.93. The zero-order valence-electron chi connectivity index (χ0n) is 9.97. The summed E-state index contributed by atoms with van der Waals surface area (Å²) in [5, 5.41) is 3.36. The van der Waals surface area contributed by atoms with Crippen LogP contribution in [0.15, 0.2) is 24.4 Å². The van der Waals surface area contributed by atoms with Crippen molar-refractivity contribution in [3.8, 4) is 0 Å². The van der Waals surface area contributed by atoms with Gasteiger partial charge in [-0.05, 0) is 25.3 Å². The van der Waals surface area contributed by atoms with Gasteiger partial charge in [-0.3, -0.25) is 0 Å². The third-order valence-electron chi connectivity index (χ3n) is 2.53. The lowest BCUT2D eigenvalue weighted by molar-refractivity contribution is 0.437. The van der Waals surface area contributed by atoms with E-state index in [1.165, 1.54) is 25.7 Å². The highest BCUT2D eigenvalue weighted by atomic mass is 14.9. The highest BCUT2D eigenvalue weighted by molar-refractivity contribution is 5.11. The van der Waals surface area contributed by atoms with Crippen LogP contribution in [-0.2, 0) is 0 Å². The molecule has 0 saturated heterocycles. The van der Waals surface area contributed by atoms with E-state index in [4.69, 9.17) is 0 Å². The van der Waals surface area contributed by atoms with Crippen LogP contribution in [0.25, 0.3) is 0 Å². The van der Waals surface area contributed by atoms with E-state index >= 15 is 0 Å². The Labute approximate surface area is 89.3 Å². The zero-order chi connectivity index (χ0) is 10.8. The molecule has 0 aromatic carbocycles.